The molecule has 1 fully saturated rings. The molecular weight excluding hydrogens is 354 g/mol. The maximum Gasteiger partial charge on any atom is 0.259 e. The Morgan fingerprint density at radius 3 is 2.50 bits per heavy atom. The summed E-state index contributed by atoms with van der Waals surface area (Å²) in [5.41, 5.74) is -0.475. The zero-order valence-corrected chi connectivity index (χ0v) is 13.4. The minimum Gasteiger partial charge on any atom is -0.338 e. The Labute approximate surface area is 131 Å². The number of likely N-dealkylation sites (tertiary alicyclic amines) is 1. The molecule has 112 valence electrons. The first-order chi connectivity index (χ1) is 9.04. The molecule has 0 aromatic heterocycles. The smallest absolute Gasteiger partial charge is 0.259 e. The zero-order chi connectivity index (χ0) is 14.0. The maximum absolute atomic E-state index is 13.9. The Morgan fingerprint density at radius 2 is 1.95 bits per heavy atom. The third kappa shape index (κ3) is 3.48. The fourth-order valence-electron chi connectivity index (χ4n) is 2.25. The van der Waals surface area contributed by atoms with E-state index in [9.17, 15) is 13.6 Å². The van der Waals surface area contributed by atoms with Crippen LogP contribution in [0.3, 0.4) is 0 Å². The van der Waals surface area contributed by atoms with Crippen molar-refractivity contribution in [1.29, 1.82) is 0 Å². The van der Waals surface area contributed by atoms with E-state index in [1.165, 1.54) is 11.0 Å². The topological polar surface area (TPSA) is 32.3 Å². The Kier molecular flexibility index (Phi) is 6.36. The summed E-state index contributed by atoms with van der Waals surface area (Å²) in [6, 6.07) is 2.72. The number of hydrogen-bond acceptors (Lipinski definition) is 2. The van der Waals surface area contributed by atoms with E-state index in [1.807, 2.05) is 7.05 Å². The summed E-state index contributed by atoms with van der Waals surface area (Å²) in [4.78, 5) is 13.7. The van der Waals surface area contributed by atoms with Crippen LogP contribution in [-0.2, 0) is 0 Å². The van der Waals surface area contributed by atoms with Crippen LogP contribution in [0.1, 0.15) is 23.2 Å². The fraction of sp³-hybridized carbons (Fsp3) is 0.462. The molecule has 7 heteroatoms. The first-order valence-corrected chi connectivity index (χ1v) is 6.94. The van der Waals surface area contributed by atoms with Crippen LogP contribution >= 0.6 is 28.3 Å². The van der Waals surface area contributed by atoms with Gasteiger partial charge in [-0.2, -0.15) is 0 Å². The molecule has 0 spiro atoms. The van der Waals surface area contributed by atoms with Crippen LogP contribution in [0.25, 0.3) is 0 Å². The molecule has 2 rings (SSSR count). The van der Waals surface area contributed by atoms with Crippen LogP contribution in [0.15, 0.2) is 16.6 Å². The lowest BCUT2D eigenvalue weighted by molar-refractivity contribution is 0.0697. The first-order valence-electron chi connectivity index (χ1n) is 6.14. The molecule has 1 aliphatic heterocycles. The zero-order valence-electron chi connectivity index (χ0n) is 11.0. The van der Waals surface area contributed by atoms with Crippen LogP contribution in [-0.4, -0.2) is 37.0 Å². The molecule has 1 saturated heterocycles. The van der Waals surface area contributed by atoms with Gasteiger partial charge in [0.05, 0.1) is 4.47 Å². The molecule has 0 aliphatic carbocycles. The van der Waals surface area contributed by atoms with Crippen molar-refractivity contribution in [3.05, 3.63) is 33.8 Å². The van der Waals surface area contributed by atoms with Crippen LogP contribution in [0.5, 0.6) is 0 Å². The summed E-state index contributed by atoms with van der Waals surface area (Å²) in [6.45, 7) is 1.02. The van der Waals surface area contributed by atoms with Gasteiger partial charge in [0.15, 0.2) is 5.82 Å². The van der Waals surface area contributed by atoms with Gasteiger partial charge in [-0.05, 0) is 48.0 Å². The van der Waals surface area contributed by atoms with E-state index in [0.717, 1.165) is 18.9 Å². The quantitative estimate of drug-likeness (QED) is 0.813. The van der Waals surface area contributed by atoms with Crippen molar-refractivity contribution in [2.45, 2.75) is 18.9 Å². The number of carbonyl (C=O) groups excluding carboxylic acids is 1. The average molecular weight is 370 g/mol. The summed E-state index contributed by atoms with van der Waals surface area (Å²) in [7, 11) is 1.87. The van der Waals surface area contributed by atoms with Crippen LogP contribution < -0.4 is 5.32 Å². The lowest BCUT2D eigenvalue weighted by atomic mass is 10.0. The maximum atomic E-state index is 13.9. The number of nitrogens with one attached hydrogen (secondary N) is 1. The summed E-state index contributed by atoms with van der Waals surface area (Å²) < 4.78 is 27.6. The van der Waals surface area contributed by atoms with Gasteiger partial charge in [-0.3, -0.25) is 4.79 Å². The Bertz CT molecular complexity index is 494. The summed E-state index contributed by atoms with van der Waals surface area (Å²) in [6.07, 6.45) is 1.58. The van der Waals surface area contributed by atoms with Gasteiger partial charge in [0.2, 0.25) is 0 Å². The van der Waals surface area contributed by atoms with Gasteiger partial charge in [-0.15, -0.1) is 12.4 Å². The predicted octanol–water partition coefficient (Wildman–Crippen LogP) is 2.97. The normalized spacial score (nSPS) is 15.9. The highest BCUT2D eigenvalue weighted by molar-refractivity contribution is 9.10. The van der Waals surface area contributed by atoms with Crippen molar-refractivity contribution < 1.29 is 13.6 Å². The second-order valence-electron chi connectivity index (χ2n) is 4.57. The third-order valence-electron chi connectivity index (χ3n) is 3.45. The molecule has 0 bridgehead atoms. The molecule has 1 heterocycles. The number of carbonyl (C=O) groups is 1. The van der Waals surface area contributed by atoms with Crippen molar-refractivity contribution in [2.24, 2.45) is 0 Å². The monoisotopic (exact) mass is 368 g/mol. The van der Waals surface area contributed by atoms with Gasteiger partial charge in [0.1, 0.15) is 11.4 Å². The van der Waals surface area contributed by atoms with E-state index in [2.05, 4.69) is 21.2 Å². The predicted molar refractivity (Wildman–Crippen MR) is 79.3 cm³/mol. The molecule has 0 atom stereocenters. The Hall–Kier alpha value is -0.720. The molecule has 0 unspecified atom stereocenters. The van der Waals surface area contributed by atoms with Gasteiger partial charge in [-0.25, -0.2) is 8.78 Å². The van der Waals surface area contributed by atoms with E-state index in [1.54, 1.807) is 0 Å². The number of nitrogens with zero attached hydrogens (tertiary/aromatic N) is 1. The fourth-order valence-corrected chi connectivity index (χ4v) is 2.58. The van der Waals surface area contributed by atoms with Gasteiger partial charge < -0.3 is 10.2 Å². The molecule has 1 amide bonds. The van der Waals surface area contributed by atoms with E-state index in [-0.39, 0.29) is 16.9 Å². The van der Waals surface area contributed by atoms with Gasteiger partial charge >= 0.3 is 0 Å². The Balaban J connectivity index is 0.00000200. The Morgan fingerprint density at radius 1 is 1.35 bits per heavy atom. The lowest BCUT2D eigenvalue weighted by Gasteiger charge is -2.32. The minimum atomic E-state index is -0.833. The van der Waals surface area contributed by atoms with E-state index in [4.69, 9.17) is 0 Å². The van der Waals surface area contributed by atoms with Crippen molar-refractivity contribution in [2.75, 3.05) is 20.1 Å². The highest BCUT2D eigenvalue weighted by Crippen LogP contribution is 2.24. The highest BCUT2D eigenvalue weighted by atomic mass is 79.9. The van der Waals surface area contributed by atoms with Crippen molar-refractivity contribution >= 4 is 34.2 Å². The molecule has 3 nitrogen and oxygen atoms in total. The van der Waals surface area contributed by atoms with Crippen molar-refractivity contribution in [3.63, 3.8) is 0 Å². The molecule has 1 N–H and O–H groups in total. The molecule has 20 heavy (non-hydrogen) atoms. The average Bonchev–Trinajstić information content (AvgIpc) is 2.43. The second kappa shape index (κ2) is 7.33. The first kappa shape index (κ1) is 17.3. The summed E-state index contributed by atoms with van der Waals surface area (Å²) in [5.74, 6) is -2.23. The third-order valence-corrected chi connectivity index (χ3v) is 4.06. The number of benzene rings is 1. The van der Waals surface area contributed by atoms with Gasteiger partial charge in [0, 0.05) is 19.1 Å². The largest absolute Gasteiger partial charge is 0.338 e. The number of rotatable bonds is 2. The van der Waals surface area contributed by atoms with E-state index < -0.39 is 23.1 Å². The van der Waals surface area contributed by atoms with Crippen molar-refractivity contribution in [1.82, 2.24) is 10.2 Å². The molecule has 1 aromatic carbocycles. The number of halogens is 4. The number of hydrogen-bond donors (Lipinski definition) is 1. The number of piperidine rings is 1. The molecule has 1 aromatic rings. The van der Waals surface area contributed by atoms with Gasteiger partial charge in [0.25, 0.3) is 5.91 Å². The summed E-state index contributed by atoms with van der Waals surface area (Å²) in [5, 5.41) is 3.14. The summed E-state index contributed by atoms with van der Waals surface area (Å²) >= 11 is 2.97. The SMILES string of the molecule is CNC1CCN(C(=O)c2c(F)ccc(Br)c2F)CC1.Cl. The molecule has 0 radical (unpaired) electrons. The van der Waals surface area contributed by atoms with Crippen LogP contribution in [0.2, 0.25) is 0 Å². The second-order valence-corrected chi connectivity index (χ2v) is 5.43. The van der Waals surface area contributed by atoms with Crippen LogP contribution in [0, 0.1) is 11.6 Å². The molecule has 1 aliphatic rings. The minimum absolute atomic E-state index is 0. The molecule has 0 saturated carbocycles. The highest BCUT2D eigenvalue weighted by Gasteiger charge is 2.27. The van der Waals surface area contributed by atoms with E-state index in [0.29, 0.717) is 19.1 Å². The van der Waals surface area contributed by atoms with Crippen molar-refractivity contribution in [3.8, 4) is 0 Å². The van der Waals surface area contributed by atoms with Gasteiger partial charge in [-0.1, -0.05) is 0 Å². The number of amides is 1. The lowest BCUT2D eigenvalue weighted by Crippen LogP contribution is -2.44. The van der Waals surface area contributed by atoms with Crippen LogP contribution in [0.4, 0.5) is 8.78 Å². The molecular formula is C13H16BrClF2N2O. The van der Waals surface area contributed by atoms with E-state index >= 15 is 0 Å². The standard InChI is InChI=1S/C13H15BrF2N2O.ClH/c1-17-8-4-6-18(7-5-8)13(19)11-10(15)3-2-9(14)12(11)16;/h2-3,8,17H,4-7H2,1H3;1H.